The Morgan fingerprint density at radius 1 is 0.812 bits per heavy atom. The molecule has 0 aromatic heterocycles. The molecule has 0 aliphatic heterocycles. The highest BCUT2D eigenvalue weighted by Gasteiger charge is 2.30. The first kappa shape index (κ1) is 17.2. The summed E-state index contributed by atoms with van der Waals surface area (Å²) < 4.78 is 5.99. The third-order valence-electron chi connectivity index (χ3n) is 2.77. The van der Waals surface area contributed by atoms with Crippen molar-refractivity contribution in [1.82, 2.24) is 0 Å². The molecule has 0 saturated heterocycles. The van der Waals surface area contributed by atoms with E-state index >= 15 is 0 Å². The van der Waals surface area contributed by atoms with Crippen LogP contribution in [-0.4, -0.2) is 31.1 Å². The van der Waals surface area contributed by atoms with Crippen LogP contribution in [0.4, 0.5) is 0 Å². The van der Waals surface area contributed by atoms with Crippen LogP contribution < -0.4 is 0 Å². The van der Waals surface area contributed by atoms with Crippen molar-refractivity contribution in [3.05, 3.63) is 0 Å². The summed E-state index contributed by atoms with van der Waals surface area (Å²) in [6.45, 7) is 3.12. The molecule has 0 bridgehead atoms. The van der Waals surface area contributed by atoms with Crippen LogP contribution in [0.2, 0.25) is 0 Å². The molecule has 5 heteroatoms. The van der Waals surface area contributed by atoms with Gasteiger partial charge in [0.2, 0.25) is 8.32 Å². The van der Waals surface area contributed by atoms with Gasteiger partial charge in [0, 0.05) is 22.7 Å². The second kappa shape index (κ2) is 11.3. The van der Waals surface area contributed by atoms with Gasteiger partial charge in [-0.3, -0.25) is 0 Å². The maximum absolute atomic E-state index is 5.99. The fraction of sp³-hybridized carbons (Fsp3) is 1.00. The van der Waals surface area contributed by atoms with Crippen LogP contribution in [0.3, 0.4) is 0 Å². The molecule has 98 valence electrons. The first-order valence-corrected chi connectivity index (χ1v) is 10.6. The molecule has 1 nitrogen and oxygen atoms in total. The van der Waals surface area contributed by atoms with Crippen LogP contribution in [-0.2, 0) is 4.43 Å². The van der Waals surface area contributed by atoms with Gasteiger partial charge in [0.1, 0.15) is 0 Å². The Bertz CT molecular complexity index is 146. The molecule has 0 aliphatic rings. The van der Waals surface area contributed by atoms with Crippen molar-refractivity contribution in [2.24, 2.45) is 0 Å². The molecule has 0 aromatic carbocycles. The Morgan fingerprint density at radius 3 is 1.81 bits per heavy atom. The fourth-order valence-electron chi connectivity index (χ4n) is 1.46. The Hall–Kier alpha value is 1.23. The van der Waals surface area contributed by atoms with Crippen molar-refractivity contribution in [2.45, 2.75) is 45.4 Å². The zero-order chi connectivity index (χ0) is 12.3. The van der Waals surface area contributed by atoms with E-state index in [0.717, 1.165) is 22.7 Å². The molecule has 0 aromatic rings. The standard InChI is InChI=1S/C11H26OS3Si/c1-2-3-4-5-6-7-8-12-16(9-13,10-14)11-15/h13-15H,2-11H2,1H3. The predicted molar refractivity (Wildman–Crippen MR) is 86.6 cm³/mol. The molecule has 0 N–H and O–H groups in total. The number of thiol groups is 3. The minimum absolute atomic E-state index is 0.829. The lowest BCUT2D eigenvalue weighted by Gasteiger charge is -2.26. The van der Waals surface area contributed by atoms with Crippen LogP contribution in [0.15, 0.2) is 0 Å². The maximum atomic E-state index is 5.99. The molecule has 0 rings (SSSR count). The summed E-state index contributed by atoms with van der Waals surface area (Å²) in [7, 11) is -1.70. The van der Waals surface area contributed by atoms with Crippen LogP contribution in [0.25, 0.3) is 0 Å². The molecule has 0 fully saturated rings. The van der Waals surface area contributed by atoms with Gasteiger partial charge in [0.05, 0.1) is 0 Å². The zero-order valence-corrected chi connectivity index (χ0v) is 14.0. The molecule has 0 heterocycles. The highest BCUT2D eigenvalue weighted by molar-refractivity contribution is 7.87. The lowest BCUT2D eigenvalue weighted by Crippen LogP contribution is -2.47. The SMILES string of the molecule is CCCCCCCCO[Si](CS)(CS)CS. The summed E-state index contributed by atoms with van der Waals surface area (Å²) in [5.74, 6) is 0. The van der Waals surface area contributed by atoms with Gasteiger partial charge in [-0.15, -0.1) is 0 Å². The third-order valence-corrected chi connectivity index (χ3v) is 10.5. The molecule has 0 atom stereocenters. The highest BCUT2D eigenvalue weighted by atomic mass is 32.1. The summed E-state index contributed by atoms with van der Waals surface area (Å²) in [5.41, 5.74) is 0. The van der Waals surface area contributed by atoms with Crippen molar-refractivity contribution in [3.8, 4) is 0 Å². The van der Waals surface area contributed by atoms with Crippen LogP contribution >= 0.6 is 37.9 Å². The first-order chi connectivity index (χ1) is 7.74. The Kier molecular flexibility index (Phi) is 12.2. The van der Waals surface area contributed by atoms with Crippen LogP contribution in [0, 0.1) is 0 Å². The van der Waals surface area contributed by atoms with Gasteiger partial charge >= 0.3 is 0 Å². The lowest BCUT2D eigenvalue weighted by molar-refractivity contribution is 0.297. The molecule has 0 radical (unpaired) electrons. The van der Waals surface area contributed by atoms with Gasteiger partial charge in [-0.2, -0.15) is 37.9 Å². The maximum Gasteiger partial charge on any atom is 0.221 e. The Morgan fingerprint density at radius 2 is 1.31 bits per heavy atom. The first-order valence-electron chi connectivity index (χ1n) is 6.21. The van der Waals surface area contributed by atoms with Gasteiger partial charge in [0.15, 0.2) is 0 Å². The van der Waals surface area contributed by atoms with Gasteiger partial charge in [-0.05, 0) is 6.42 Å². The molecular formula is C11H26OS3Si. The smallest absolute Gasteiger partial charge is 0.221 e. The molecular weight excluding hydrogens is 272 g/mol. The molecule has 16 heavy (non-hydrogen) atoms. The average molecular weight is 299 g/mol. The normalized spacial score (nSPS) is 12.0. The minimum atomic E-state index is -1.70. The summed E-state index contributed by atoms with van der Waals surface area (Å²) >= 11 is 13.1. The summed E-state index contributed by atoms with van der Waals surface area (Å²) in [4.78, 5) is 0. The average Bonchev–Trinajstić information content (AvgIpc) is 2.34. The number of unbranched alkanes of at least 4 members (excludes halogenated alkanes) is 5. The Balaban J connectivity index is 3.48. The van der Waals surface area contributed by atoms with Crippen molar-refractivity contribution in [3.63, 3.8) is 0 Å². The van der Waals surface area contributed by atoms with E-state index in [-0.39, 0.29) is 0 Å². The van der Waals surface area contributed by atoms with Crippen molar-refractivity contribution < 1.29 is 4.43 Å². The monoisotopic (exact) mass is 298 g/mol. The number of rotatable bonds is 11. The minimum Gasteiger partial charge on any atom is -0.414 e. The van der Waals surface area contributed by atoms with Gasteiger partial charge in [0.25, 0.3) is 0 Å². The Labute approximate surface area is 118 Å². The van der Waals surface area contributed by atoms with E-state index in [2.05, 4.69) is 44.8 Å². The van der Waals surface area contributed by atoms with E-state index < -0.39 is 8.32 Å². The fourth-order valence-corrected chi connectivity index (χ4v) is 7.03. The van der Waals surface area contributed by atoms with E-state index in [1.54, 1.807) is 0 Å². The van der Waals surface area contributed by atoms with Crippen molar-refractivity contribution >= 4 is 46.2 Å². The van der Waals surface area contributed by atoms with Crippen molar-refractivity contribution in [2.75, 3.05) is 22.7 Å². The van der Waals surface area contributed by atoms with Gasteiger partial charge in [-0.25, -0.2) is 0 Å². The van der Waals surface area contributed by atoms with Crippen LogP contribution in [0.5, 0.6) is 0 Å². The number of hydrogen-bond donors (Lipinski definition) is 3. The van der Waals surface area contributed by atoms with Crippen molar-refractivity contribution in [1.29, 1.82) is 0 Å². The third kappa shape index (κ3) is 7.53. The lowest BCUT2D eigenvalue weighted by atomic mass is 10.1. The van der Waals surface area contributed by atoms with E-state index in [0.29, 0.717) is 0 Å². The largest absolute Gasteiger partial charge is 0.414 e. The molecule has 0 aliphatic carbocycles. The van der Waals surface area contributed by atoms with E-state index in [1.165, 1.54) is 38.5 Å². The second-order valence-electron chi connectivity index (χ2n) is 4.27. The molecule has 0 spiro atoms. The quantitative estimate of drug-likeness (QED) is 0.299. The molecule has 0 saturated carbocycles. The predicted octanol–water partition coefficient (Wildman–Crippen LogP) is 3.72. The molecule has 0 unspecified atom stereocenters. The van der Waals surface area contributed by atoms with Crippen LogP contribution in [0.1, 0.15) is 45.4 Å². The second-order valence-corrected chi connectivity index (χ2v) is 10.7. The summed E-state index contributed by atoms with van der Waals surface area (Å²) in [5, 5.41) is 2.49. The summed E-state index contributed by atoms with van der Waals surface area (Å²) in [6.07, 6.45) is 7.85. The topological polar surface area (TPSA) is 9.23 Å². The van der Waals surface area contributed by atoms with Gasteiger partial charge < -0.3 is 4.43 Å². The van der Waals surface area contributed by atoms with E-state index in [4.69, 9.17) is 4.43 Å². The molecule has 0 amide bonds. The summed E-state index contributed by atoms with van der Waals surface area (Å²) in [6, 6.07) is 0. The van der Waals surface area contributed by atoms with E-state index in [9.17, 15) is 0 Å². The van der Waals surface area contributed by atoms with E-state index in [1.807, 2.05) is 0 Å². The zero-order valence-electron chi connectivity index (χ0n) is 10.3. The van der Waals surface area contributed by atoms with Gasteiger partial charge in [-0.1, -0.05) is 39.0 Å². The number of hydrogen-bond acceptors (Lipinski definition) is 4. The highest BCUT2D eigenvalue weighted by Crippen LogP contribution is 2.13.